The molecule has 0 unspecified atom stereocenters. The Hall–Kier alpha value is -1.01. The lowest BCUT2D eigenvalue weighted by Gasteiger charge is -2.06. The summed E-state index contributed by atoms with van der Waals surface area (Å²) in [6.07, 6.45) is 3.23. The van der Waals surface area contributed by atoms with Gasteiger partial charge in [0.15, 0.2) is 0 Å². The Morgan fingerprint density at radius 2 is 1.81 bits per heavy atom. The molecule has 82 valence electrons. The van der Waals surface area contributed by atoms with E-state index in [0.29, 0.717) is 11.6 Å². The van der Waals surface area contributed by atoms with E-state index in [1.165, 1.54) is 12.1 Å². The molecule has 1 N–H and O–H groups in total. The highest BCUT2D eigenvalue weighted by Gasteiger charge is 2.03. The van der Waals surface area contributed by atoms with Crippen molar-refractivity contribution < 1.29 is 4.39 Å². The largest absolute Gasteiger partial charge is 0.323 e. The van der Waals surface area contributed by atoms with Crippen LogP contribution in [0, 0.1) is 5.82 Å². The summed E-state index contributed by atoms with van der Waals surface area (Å²) in [5.41, 5.74) is 0.585. The molecule has 0 aliphatic carbocycles. The molecular formula is C10H6Br2FN3. The van der Waals surface area contributed by atoms with Crippen molar-refractivity contribution in [1.29, 1.82) is 0 Å². The van der Waals surface area contributed by atoms with E-state index in [4.69, 9.17) is 0 Å². The minimum absolute atomic E-state index is 0.317. The van der Waals surface area contributed by atoms with Gasteiger partial charge in [-0.3, -0.25) is 0 Å². The lowest BCUT2D eigenvalue weighted by atomic mass is 10.3. The molecule has 0 spiro atoms. The average molecular weight is 347 g/mol. The molecule has 0 bridgehead atoms. The second kappa shape index (κ2) is 4.88. The van der Waals surface area contributed by atoms with E-state index >= 15 is 0 Å². The Morgan fingerprint density at radius 3 is 2.50 bits per heavy atom. The van der Waals surface area contributed by atoms with Crippen molar-refractivity contribution in [3.05, 3.63) is 45.4 Å². The van der Waals surface area contributed by atoms with Crippen LogP contribution in [0.25, 0.3) is 0 Å². The number of rotatable bonds is 2. The van der Waals surface area contributed by atoms with Gasteiger partial charge >= 0.3 is 0 Å². The van der Waals surface area contributed by atoms with Gasteiger partial charge in [0.05, 0.1) is 10.2 Å². The molecule has 0 amide bonds. The standard InChI is InChI=1S/C10H6Br2FN3/c11-6-4-14-10(15-5-6)16-9-3-7(13)1-2-8(9)12/h1-5H,(H,14,15,16). The van der Waals surface area contributed by atoms with Gasteiger partial charge in [-0.2, -0.15) is 0 Å². The molecule has 6 heteroatoms. The first kappa shape index (κ1) is 11.5. The van der Waals surface area contributed by atoms with E-state index in [1.54, 1.807) is 18.5 Å². The molecule has 0 fully saturated rings. The maximum absolute atomic E-state index is 13.0. The molecule has 1 aromatic carbocycles. The van der Waals surface area contributed by atoms with Gasteiger partial charge in [0.25, 0.3) is 0 Å². The van der Waals surface area contributed by atoms with Crippen LogP contribution in [-0.4, -0.2) is 9.97 Å². The highest BCUT2D eigenvalue weighted by atomic mass is 79.9. The zero-order chi connectivity index (χ0) is 11.5. The average Bonchev–Trinajstić information content (AvgIpc) is 2.27. The predicted molar refractivity (Wildman–Crippen MR) is 67.1 cm³/mol. The zero-order valence-corrected chi connectivity index (χ0v) is 11.1. The van der Waals surface area contributed by atoms with Crippen LogP contribution < -0.4 is 5.32 Å². The fourth-order valence-corrected chi connectivity index (χ4v) is 1.64. The minimum Gasteiger partial charge on any atom is -0.323 e. The van der Waals surface area contributed by atoms with E-state index in [0.717, 1.165) is 8.95 Å². The van der Waals surface area contributed by atoms with Crippen LogP contribution in [0.5, 0.6) is 0 Å². The molecule has 1 heterocycles. The van der Waals surface area contributed by atoms with Crippen LogP contribution in [0.2, 0.25) is 0 Å². The Kier molecular flexibility index (Phi) is 3.50. The normalized spacial score (nSPS) is 10.2. The molecule has 0 aliphatic heterocycles. The zero-order valence-electron chi connectivity index (χ0n) is 7.92. The van der Waals surface area contributed by atoms with Crippen molar-refractivity contribution in [3.8, 4) is 0 Å². The number of nitrogens with one attached hydrogen (secondary N) is 1. The van der Waals surface area contributed by atoms with Crippen molar-refractivity contribution >= 4 is 43.5 Å². The molecule has 2 rings (SSSR count). The van der Waals surface area contributed by atoms with Gasteiger partial charge in [-0.25, -0.2) is 14.4 Å². The van der Waals surface area contributed by atoms with E-state index in [9.17, 15) is 4.39 Å². The smallest absolute Gasteiger partial charge is 0.227 e. The second-order valence-corrected chi connectivity index (χ2v) is 4.74. The van der Waals surface area contributed by atoms with Crippen LogP contribution >= 0.6 is 31.9 Å². The van der Waals surface area contributed by atoms with Crippen molar-refractivity contribution in [2.45, 2.75) is 0 Å². The van der Waals surface area contributed by atoms with Crippen LogP contribution in [0.4, 0.5) is 16.0 Å². The third kappa shape index (κ3) is 2.76. The van der Waals surface area contributed by atoms with Crippen LogP contribution in [0.15, 0.2) is 39.5 Å². The third-order valence-electron chi connectivity index (χ3n) is 1.80. The lowest BCUT2D eigenvalue weighted by Crippen LogP contribution is -1.97. The summed E-state index contributed by atoms with van der Waals surface area (Å²) in [5.74, 6) is 0.0947. The highest BCUT2D eigenvalue weighted by molar-refractivity contribution is 9.10. The highest BCUT2D eigenvalue weighted by Crippen LogP contribution is 2.25. The Labute approximate surface area is 108 Å². The van der Waals surface area contributed by atoms with Crippen molar-refractivity contribution in [3.63, 3.8) is 0 Å². The number of nitrogens with zero attached hydrogens (tertiary/aromatic N) is 2. The molecule has 1 aromatic heterocycles. The molecule has 3 nitrogen and oxygen atoms in total. The Balaban J connectivity index is 2.26. The fourth-order valence-electron chi connectivity index (χ4n) is 1.09. The van der Waals surface area contributed by atoms with Gasteiger partial charge in [0.2, 0.25) is 5.95 Å². The summed E-state index contributed by atoms with van der Waals surface area (Å²) in [5, 5.41) is 2.91. The van der Waals surface area contributed by atoms with Crippen molar-refractivity contribution in [1.82, 2.24) is 9.97 Å². The minimum atomic E-state index is -0.317. The quantitative estimate of drug-likeness (QED) is 0.896. The van der Waals surface area contributed by atoms with Gasteiger partial charge in [-0.15, -0.1) is 0 Å². The third-order valence-corrected chi connectivity index (χ3v) is 2.90. The van der Waals surface area contributed by atoms with E-state index in [2.05, 4.69) is 47.1 Å². The number of benzene rings is 1. The number of hydrogen-bond acceptors (Lipinski definition) is 3. The molecule has 0 saturated carbocycles. The van der Waals surface area contributed by atoms with E-state index in [1.807, 2.05) is 0 Å². The first-order valence-electron chi connectivity index (χ1n) is 4.35. The number of anilines is 2. The van der Waals surface area contributed by atoms with Gasteiger partial charge in [0.1, 0.15) is 5.82 Å². The Morgan fingerprint density at radius 1 is 1.12 bits per heavy atom. The molecule has 16 heavy (non-hydrogen) atoms. The van der Waals surface area contributed by atoms with Crippen LogP contribution in [0.3, 0.4) is 0 Å². The van der Waals surface area contributed by atoms with E-state index in [-0.39, 0.29) is 5.82 Å². The molecular weight excluding hydrogens is 341 g/mol. The summed E-state index contributed by atoms with van der Waals surface area (Å²) < 4.78 is 14.5. The monoisotopic (exact) mass is 345 g/mol. The van der Waals surface area contributed by atoms with Gasteiger partial charge < -0.3 is 5.32 Å². The molecule has 0 atom stereocenters. The summed E-state index contributed by atoms with van der Waals surface area (Å²) in [4.78, 5) is 8.06. The molecule has 0 aliphatic rings. The van der Waals surface area contributed by atoms with Crippen molar-refractivity contribution in [2.75, 3.05) is 5.32 Å². The second-order valence-electron chi connectivity index (χ2n) is 2.97. The predicted octanol–water partition coefficient (Wildman–Crippen LogP) is 3.88. The summed E-state index contributed by atoms with van der Waals surface area (Å²) in [6.45, 7) is 0. The van der Waals surface area contributed by atoms with Gasteiger partial charge in [-0.1, -0.05) is 0 Å². The summed E-state index contributed by atoms with van der Waals surface area (Å²) in [6, 6.07) is 4.36. The maximum Gasteiger partial charge on any atom is 0.227 e. The Bertz CT molecular complexity index is 502. The topological polar surface area (TPSA) is 37.8 Å². The first-order chi connectivity index (χ1) is 7.65. The summed E-state index contributed by atoms with van der Waals surface area (Å²) >= 11 is 6.54. The first-order valence-corrected chi connectivity index (χ1v) is 5.93. The SMILES string of the molecule is Fc1ccc(Br)c(Nc2ncc(Br)cn2)c1. The van der Waals surface area contributed by atoms with Crippen LogP contribution in [-0.2, 0) is 0 Å². The molecule has 2 aromatic rings. The number of aromatic nitrogens is 2. The van der Waals surface area contributed by atoms with Crippen molar-refractivity contribution in [2.24, 2.45) is 0 Å². The molecule has 0 radical (unpaired) electrons. The fraction of sp³-hybridized carbons (Fsp3) is 0. The van der Waals surface area contributed by atoms with Crippen LogP contribution in [0.1, 0.15) is 0 Å². The maximum atomic E-state index is 13.0. The lowest BCUT2D eigenvalue weighted by molar-refractivity contribution is 0.628. The van der Waals surface area contributed by atoms with Gasteiger partial charge in [0, 0.05) is 16.9 Å². The summed E-state index contributed by atoms with van der Waals surface area (Å²) in [7, 11) is 0. The molecule has 0 saturated heterocycles. The van der Waals surface area contributed by atoms with Gasteiger partial charge in [-0.05, 0) is 50.1 Å². The number of halogens is 3. The van der Waals surface area contributed by atoms with E-state index < -0.39 is 0 Å². The number of hydrogen-bond donors (Lipinski definition) is 1.